The molecule has 1 fully saturated rings. The van der Waals surface area contributed by atoms with Crippen LogP contribution in [0, 0.1) is 0 Å². The molecule has 0 atom stereocenters. The van der Waals surface area contributed by atoms with Gasteiger partial charge in [0.25, 0.3) is 0 Å². The molecule has 2 rings (SSSR count). The molecule has 5 nitrogen and oxygen atoms in total. The van der Waals surface area contributed by atoms with E-state index < -0.39 is 11.7 Å². The van der Waals surface area contributed by atoms with E-state index in [9.17, 15) is 4.79 Å². The van der Waals surface area contributed by atoms with Gasteiger partial charge in [-0.2, -0.15) is 5.10 Å². The molecule has 0 saturated heterocycles. The molecule has 0 aliphatic heterocycles. The Bertz CT molecular complexity index is 498. The van der Waals surface area contributed by atoms with Gasteiger partial charge in [0.15, 0.2) is 0 Å². The molecule has 0 spiro atoms. The summed E-state index contributed by atoms with van der Waals surface area (Å²) in [5.41, 5.74) is 3.99. The SMILES string of the molecule is CC(C)(C)OC(=O)NN=C1CC(OCc2ccccc2)C1. The second-order valence-corrected chi connectivity index (χ2v) is 6.12. The smallest absolute Gasteiger partial charge is 0.428 e. The number of amides is 1. The van der Waals surface area contributed by atoms with Gasteiger partial charge in [-0.3, -0.25) is 0 Å². The molecule has 0 unspecified atom stereocenters. The maximum absolute atomic E-state index is 11.4. The summed E-state index contributed by atoms with van der Waals surface area (Å²) in [5.74, 6) is 0. The van der Waals surface area contributed by atoms with Crippen LogP contribution in [0.1, 0.15) is 39.2 Å². The molecule has 0 radical (unpaired) electrons. The predicted molar refractivity (Wildman–Crippen MR) is 81.1 cm³/mol. The number of ether oxygens (including phenoxy) is 2. The Morgan fingerprint density at radius 2 is 1.95 bits per heavy atom. The molecule has 1 N–H and O–H groups in total. The average Bonchev–Trinajstić information content (AvgIpc) is 2.35. The second-order valence-electron chi connectivity index (χ2n) is 6.12. The summed E-state index contributed by atoms with van der Waals surface area (Å²) in [4.78, 5) is 11.4. The van der Waals surface area contributed by atoms with Crippen molar-refractivity contribution in [2.24, 2.45) is 5.10 Å². The van der Waals surface area contributed by atoms with Gasteiger partial charge in [-0.25, -0.2) is 10.2 Å². The van der Waals surface area contributed by atoms with Crippen molar-refractivity contribution in [3.05, 3.63) is 35.9 Å². The zero-order chi connectivity index (χ0) is 15.3. The molecule has 1 amide bonds. The third-order valence-electron chi connectivity index (χ3n) is 2.96. The van der Waals surface area contributed by atoms with Crippen LogP contribution in [-0.2, 0) is 16.1 Å². The fourth-order valence-corrected chi connectivity index (χ4v) is 1.89. The van der Waals surface area contributed by atoms with Gasteiger partial charge in [0.2, 0.25) is 0 Å². The van der Waals surface area contributed by atoms with Gasteiger partial charge in [0.05, 0.1) is 12.7 Å². The summed E-state index contributed by atoms with van der Waals surface area (Å²) < 4.78 is 10.9. The molecule has 0 aromatic heterocycles. The first-order valence-corrected chi connectivity index (χ1v) is 7.12. The Labute approximate surface area is 125 Å². The molecule has 1 saturated carbocycles. The minimum Gasteiger partial charge on any atom is -0.443 e. The first-order valence-electron chi connectivity index (χ1n) is 7.12. The minimum atomic E-state index is -0.524. The molecule has 21 heavy (non-hydrogen) atoms. The molecule has 1 aromatic rings. The first kappa shape index (κ1) is 15.5. The minimum absolute atomic E-state index is 0.185. The van der Waals surface area contributed by atoms with Gasteiger partial charge in [-0.15, -0.1) is 0 Å². The third-order valence-corrected chi connectivity index (χ3v) is 2.96. The molecule has 5 heteroatoms. The van der Waals surface area contributed by atoms with E-state index in [2.05, 4.69) is 10.5 Å². The lowest BCUT2D eigenvalue weighted by Crippen LogP contribution is -2.35. The Morgan fingerprint density at radius 1 is 1.29 bits per heavy atom. The fraction of sp³-hybridized carbons (Fsp3) is 0.500. The van der Waals surface area contributed by atoms with Crippen LogP contribution < -0.4 is 5.43 Å². The van der Waals surface area contributed by atoms with E-state index in [4.69, 9.17) is 9.47 Å². The number of hydrazone groups is 1. The van der Waals surface area contributed by atoms with E-state index in [1.54, 1.807) is 0 Å². The van der Waals surface area contributed by atoms with Crippen LogP contribution in [0.3, 0.4) is 0 Å². The lowest BCUT2D eigenvalue weighted by molar-refractivity contribution is 0.0333. The predicted octanol–water partition coefficient (Wildman–Crippen LogP) is 3.25. The summed E-state index contributed by atoms with van der Waals surface area (Å²) in [7, 11) is 0. The van der Waals surface area contributed by atoms with Gasteiger partial charge >= 0.3 is 6.09 Å². The third kappa shape index (κ3) is 5.55. The number of nitrogens with zero attached hydrogens (tertiary/aromatic N) is 1. The van der Waals surface area contributed by atoms with Crippen LogP contribution in [-0.4, -0.2) is 23.5 Å². The normalized spacial score (nSPS) is 17.9. The van der Waals surface area contributed by atoms with Gasteiger partial charge < -0.3 is 9.47 Å². The zero-order valence-electron chi connectivity index (χ0n) is 12.8. The van der Waals surface area contributed by atoms with Gasteiger partial charge in [0.1, 0.15) is 5.60 Å². The number of benzene rings is 1. The highest BCUT2D eigenvalue weighted by atomic mass is 16.6. The Morgan fingerprint density at radius 3 is 2.57 bits per heavy atom. The monoisotopic (exact) mass is 290 g/mol. The molecule has 1 aliphatic rings. The zero-order valence-corrected chi connectivity index (χ0v) is 12.8. The van der Waals surface area contributed by atoms with Crippen LogP contribution in [0.2, 0.25) is 0 Å². The Kier molecular flexibility index (Phi) is 4.96. The van der Waals surface area contributed by atoms with Crippen LogP contribution >= 0.6 is 0 Å². The van der Waals surface area contributed by atoms with Crippen molar-refractivity contribution in [1.82, 2.24) is 5.43 Å². The van der Waals surface area contributed by atoms with Gasteiger partial charge in [0, 0.05) is 18.6 Å². The number of rotatable bonds is 4. The molecule has 1 aliphatic carbocycles. The summed E-state index contributed by atoms with van der Waals surface area (Å²) in [6, 6.07) is 10.1. The average molecular weight is 290 g/mol. The maximum atomic E-state index is 11.4. The van der Waals surface area contributed by atoms with E-state index in [1.165, 1.54) is 0 Å². The summed E-state index contributed by atoms with van der Waals surface area (Å²) in [5, 5.41) is 4.03. The number of hydrogen-bond donors (Lipinski definition) is 1. The topological polar surface area (TPSA) is 59.9 Å². The lowest BCUT2D eigenvalue weighted by Gasteiger charge is -2.28. The van der Waals surface area contributed by atoms with Crippen molar-refractivity contribution < 1.29 is 14.3 Å². The number of carbonyl (C=O) groups is 1. The van der Waals surface area contributed by atoms with E-state index in [1.807, 2.05) is 51.1 Å². The first-order chi connectivity index (χ1) is 9.92. The van der Waals surface area contributed by atoms with E-state index in [0.717, 1.165) is 24.1 Å². The van der Waals surface area contributed by atoms with Crippen molar-refractivity contribution in [3.63, 3.8) is 0 Å². The van der Waals surface area contributed by atoms with Crippen LogP contribution in [0.5, 0.6) is 0 Å². The van der Waals surface area contributed by atoms with Crippen molar-refractivity contribution in [2.45, 2.75) is 51.9 Å². The molecule has 114 valence electrons. The quantitative estimate of drug-likeness (QED) is 0.866. The van der Waals surface area contributed by atoms with E-state index >= 15 is 0 Å². The molecule has 0 heterocycles. The summed E-state index contributed by atoms with van der Waals surface area (Å²) in [6.45, 7) is 6.06. The highest BCUT2D eigenvalue weighted by molar-refractivity contribution is 5.91. The number of nitrogens with one attached hydrogen (secondary N) is 1. The van der Waals surface area contributed by atoms with Crippen LogP contribution in [0.15, 0.2) is 35.4 Å². The second kappa shape index (κ2) is 6.72. The number of hydrogen-bond acceptors (Lipinski definition) is 4. The fourth-order valence-electron chi connectivity index (χ4n) is 1.89. The standard InChI is InChI=1S/C16H22N2O3/c1-16(2,3)21-15(19)18-17-13-9-14(10-13)20-11-12-7-5-4-6-8-12/h4-8,14H,9-11H2,1-3H3,(H,18,19). The van der Waals surface area contributed by atoms with Gasteiger partial charge in [-0.1, -0.05) is 30.3 Å². The summed E-state index contributed by atoms with van der Waals surface area (Å²) >= 11 is 0. The molecule has 0 bridgehead atoms. The Hall–Kier alpha value is -1.88. The van der Waals surface area contributed by atoms with Gasteiger partial charge in [-0.05, 0) is 26.3 Å². The van der Waals surface area contributed by atoms with Crippen LogP contribution in [0.25, 0.3) is 0 Å². The molecular formula is C16H22N2O3. The van der Waals surface area contributed by atoms with Crippen molar-refractivity contribution in [1.29, 1.82) is 0 Å². The Balaban J connectivity index is 1.65. The molecule has 1 aromatic carbocycles. The van der Waals surface area contributed by atoms with Crippen molar-refractivity contribution in [2.75, 3.05) is 0 Å². The summed E-state index contributed by atoms with van der Waals surface area (Å²) in [6.07, 6.45) is 1.17. The van der Waals surface area contributed by atoms with Crippen molar-refractivity contribution >= 4 is 11.8 Å². The molecular weight excluding hydrogens is 268 g/mol. The van der Waals surface area contributed by atoms with E-state index in [-0.39, 0.29) is 6.10 Å². The van der Waals surface area contributed by atoms with Crippen LogP contribution in [0.4, 0.5) is 4.79 Å². The lowest BCUT2D eigenvalue weighted by atomic mass is 9.93. The van der Waals surface area contributed by atoms with E-state index in [0.29, 0.717) is 6.61 Å². The maximum Gasteiger partial charge on any atom is 0.428 e. The largest absolute Gasteiger partial charge is 0.443 e. The highest BCUT2D eigenvalue weighted by Crippen LogP contribution is 2.21. The highest BCUT2D eigenvalue weighted by Gasteiger charge is 2.26. The number of carbonyl (C=O) groups excluding carboxylic acids is 1. The van der Waals surface area contributed by atoms with Crippen molar-refractivity contribution in [3.8, 4) is 0 Å².